The quantitative estimate of drug-likeness (QED) is 0.169. The monoisotopic (exact) mass is 564 g/mol. The lowest BCUT2D eigenvalue weighted by Gasteiger charge is -2.41. The van der Waals surface area contributed by atoms with Gasteiger partial charge in [-0.05, 0) is 24.3 Å². The van der Waals surface area contributed by atoms with Crippen molar-refractivity contribution < 1.29 is 65.0 Å². The molecule has 0 saturated carbocycles. The predicted octanol–water partition coefficient (Wildman–Crippen LogP) is -1.75. The van der Waals surface area contributed by atoms with Gasteiger partial charge in [-0.2, -0.15) is 0 Å². The molecule has 3 heterocycles. The van der Waals surface area contributed by atoms with Crippen molar-refractivity contribution in [1.82, 2.24) is 0 Å². The van der Waals surface area contributed by atoms with Crippen molar-refractivity contribution in [3.8, 4) is 28.6 Å². The summed E-state index contributed by atoms with van der Waals surface area (Å²) in [6, 6.07) is 6.50. The Morgan fingerprint density at radius 1 is 0.775 bits per heavy atom. The lowest BCUT2D eigenvalue weighted by Crippen LogP contribution is -2.55. The molecule has 0 aliphatic carbocycles. The molecule has 2 fully saturated rings. The van der Waals surface area contributed by atoms with Crippen LogP contribution in [0.2, 0.25) is 0 Å². The number of phenols is 3. The molecular formula is C26H28O14. The predicted molar refractivity (Wildman–Crippen MR) is 132 cm³/mol. The normalized spacial score (nSPS) is 32.8. The van der Waals surface area contributed by atoms with Gasteiger partial charge >= 0.3 is 0 Å². The van der Waals surface area contributed by atoms with Crippen LogP contribution in [0.3, 0.4) is 0 Å². The van der Waals surface area contributed by atoms with Gasteiger partial charge in [-0.1, -0.05) is 0 Å². The summed E-state index contributed by atoms with van der Waals surface area (Å²) in [5, 5.41) is 104. The SMILES string of the molecule is O=c1cc(-c2ccc(O)cc2)oc2c([C@H]3OC[C@@H](O)[C@@H](O)[C@@H]3O)c(O)c([C@@H]3O[C@@H](CO)[C@H](O)[C@@H](O)[C@@H]3O)c(O)c12. The molecule has 0 spiro atoms. The third-order valence-electron chi connectivity index (χ3n) is 7.31. The molecule has 2 aromatic carbocycles. The first-order chi connectivity index (χ1) is 19.0. The van der Waals surface area contributed by atoms with Crippen molar-refractivity contribution in [2.45, 2.75) is 54.9 Å². The topological polar surface area (TPSA) is 251 Å². The van der Waals surface area contributed by atoms with Crippen LogP contribution in [0.4, 0.5) is 0 Å². The highest BCUT2D eigenvalue weighted by Gasteiger charge is 2.48. The number of phenolic OH excluding ortho intramolecular Hbond substituents is 3. The molecule has 0 bridgehead atoms. The van der Waals surface area contributed by atoms with Crippen LogP contribution in [-0.2, 0) is 9.47 Å². The lowest BCUT2D eigenvalue weighted by atomic mass is 9.85. The van der Waals surface area contributed by atoms with Gasteiger partial charge in [-0.3, -0.25) is 4.79 Å². The highest BCUT2D eigenvalue weighted by atomic mass is 16.5. The van der Waals surface area contributed by atoms with Crippen LogP contribution < -0.4 is 5.43 Å². The van der Waals surface area contributed by atoms with Gasteiger partial charge in [0.1, 0.15) is 83.3 Å². The molecule has 1 aromatic heterocycles. The molecule has 5 rings (SSSR count). The molecule has 0 amide bonds. The molecule has 2 aliphatic heterocycles. The van der Waals surface area contributed by atoms with Crippen LogP contribution in [0, 0.1) is 0 Å². The van der Waals surface area contributed by atoms with Crippen molar-refractivity contribution in [1.29, 1.82) is 0 Å². The van der Waals surface area contributed by atoms with Crippen molar-refractivity contribution in [2.24, 2.45) is 0 Å². The molecule has 40 heavy (non-hydrogen) atoms. The second kappa shape index (κ2) is 10.6. The van der Waals surface area contributed by atoms with Gasteiger partial charge in [0.25, 0.3) is 0 Å². The van der Waals surface area contributed by atoms with Gasteiger partial charge in [0.15, 0.2) is 11.0 Å². The zero-order chi connectivity index (χ0) is 29.0. The summed E-state index contributed by atoms with van der Waals surface area (Å²) in [7, 11) is 0. The van der Waals surface area contributed by atoms with Crippen molar-refractivity contribution >= 4 is 11.0 Å². The third kappa shape index (κ3) is 4.49. The number of aromatic hydroxyl groups is 3. The molecule has 14 heteroatoms. The van der Waals surface area contributed by atoms with Crippen LogP contribution in [0.25, 0.3) is 22.3 Å². The van der Waals surface area contributed by atoms with Gasteiger partial charge in [-0.15, -0.1) is 0 Å². The average Bonchev–Trinajstić information content (AvgIpc) is 2.92. The van der Waals surface area contributed by atoms with E-state index in [1.165, 1.54) is 24.3 Å². The molecule has 3 aromatic rings. The molecule has 14 nitrogen and oxygen atoms in total. The zero-order valence-electron chi connectivity index (χ0n) is 20.6. The van der Waals surface area contributed by atoms with Gasteiger partial charge in [0.2, 0.25) is 0 Å². The number of ether oxygens (including phenoxy) is 2. The van der Waals surface area contributed by atoms with Crippen LogP contribution in [0.15, 0.2) is 39.5 Å². The molecule has 9 atom stereocenters. The fourth-order valence-corrected chi connectivity index (χ4v) is 5.11. The van der Waals surface area contributed by atoms with Gasteiger partial charge in [0.05, 0.1) is 24.3 Å². The van der Waals surface area contributed by atoms with E-state index < -0.39 is 107 Å². The van der Waals surface area contributed by atoms with Crippen LogP contribution in [0.5, 0.6) is 17.2 Å². The Balaban J connectivity index is 1.80. The van der Waals surface area contributed by atoms with E-state index in [0.717, 1.165) is 6.07 Å². The molecule has 2 aliphatic rings. The number of aliphatic hydroxyl groups excluding tert-OH is 7. The number of hydrogen-bond donors (Lipinski definition) is 10. The first-order valence-corrected chi connectivity index (χ1v) is 12.3. The lowest BCUT2D eigenvalue weighted by molar-refractivity contribution is -0.232. The largest absolute Gasteiger partial charge is 0.508 e. The Morgan fingerprint density at radius 2 is 1.43 bits per heavy atom. The van der Waals surface area contributed by atoms with Crippen molar-refractivity contribution in [3.05, 3.63) is 51.7 Å². The summed E-state index contributed by atoms with van der Waals surface area (Å²) in [6.45, 7) is -1.34. The Labute approximate surface area is 224 Å². The number of benzene rings is 2. The highest BCUT2D eigenvalue weighted by Crippen LogP contribution is 2.50. The van der Waals surface area contributed by atoms with E-state index in [1.807, 2.05) is 0 Å². The number of aliphatic hydroxyl groups is 7. The van der Waals surface area contributed by atoms with Crippen molar-refractivity contribution in [2.75, 3.05) is 13.2 Å². The summed E-state index contributed by atoms with van der Waals surface area (Å²) in [4.78, 5) is 13.4. The van der Waals surface area contributed by atoms with E-state index in [1.54, 1.807) is 0 Å². The fraction of sp³-hybridized carbons (Fsp3) is 0.423. The number of hydrogen-bond acceptors (Lipinski definition) is 14. The summed E-state index contributed by atoms with van der Waals surface area (Å²) in [5.74, 6) is -2.01. The molecular weight excluding hydrogens is 536 g/mol. The maximum Gasteiger partial charge on any atom is 0.197 e. The molecule has 216 valence electrons. The first kappa shape index (κ1) is 28.2. The van der Waals surface area contributed by atoms with Crippen LogP contribution >= 0.6 is 0 Å². The number of rotatable bonds is 4. The molecule has 0 unspecified atom stereocenters. The van der Waals surface area contributed by atoms with E-state index in [-0.39, 0.29) is 11.5 Å². The molecule has 10 N–H and O–H groups in total. The average molecular weight is 564 g/mol. The van der Waals surface area contributed by atoms with Crippen molar-refractivity contribution in [3.63, 3.8) is 0 Å². The van der Waals surface area contributed by atoms with E-state index in [9.17, 15) is 55.9 Å². The second-order valence-corrected chi connectivity index (χ2v) is 9.80. The minimum absolute atomic E-state index is 0.0710. The Hall–Kier alpha value is -3.31. The minimum atomic E-state index is -1.98. The molecule has 2 saturated heterocycles. The highest BCUT2D eigenvalue weighted by molar-refractivity contribution is 5.92. The standard InChI is InChI=1S/C26H28O14/c27-6-13-18(32)21(35)23(37)26(40-13)15-19(33)14-10(29)5-12(8-1-3-9(28)4-2-8)39-24(14)16(20(15)34)25-22(36)17(31)11(30)7-38-25/h1-5,11,13,17-18,21-23,25-28,30-37H,6-7H2/t11-,13+,17-,18+,21-,22+,23+,25-,26+/m1/s1. The van der Waals surface area contributed by atoms with E-state index in [2.05, 4.69) is 0 Å². The summed E-state index contributed by atoms with van der Waals surface area (Å²) in [6.07, 6.45) is -15.7. The zero-order valence-corrected chi connectivity index (χ0v) is 20.6. The Kier molecular flexibility index (Phi) is 7.47. The summed E-state index contributed by atoms with van der Waals surface area (Å²) < 4.78 is 16.9. The first-order valence-electron chi connectivity index (χ1n) is 12.3. The van der Waals surface area contributed by atoms with Crippen LogP contribution in [0.1, 0.15) is 23.3 Å². The molecule has 0 radical (unpaired) electrons. The third-order valence-corrected chi connectivity index (χ3v) is 7.31. The summed E-state index contributed by atoms with van der Waals surface area (Å²) in [5.41, 5.74) is -2.15. The van der Waals surface area contributed by atoms with Gasteiger partial charge in [0, 0.05) is 11.6 Å². The Bertz CT molecular complexity index is 1450. The maximum atomic E-state index is 13.4. The van der Waals surface area contributed by atoms with Crippen LogP contribution in [-0.4, -0.2) is 107 Å². The van der Waals surface area contributed by atoms with Gasteiger partial charge < -0.3 is 65.0 Å². The summed E-state index contributed by atoms with van der Waals surface area (Å²) >= 11 is 0. The van der Waals surface area contributed by atoms with E-state index in [0.29, 0.717) is 5.56 Å². The minimum Gasteiger partial charge on any atom is -0.508 e. The smallest absolute Gasteiger partial charge is 0.197 e. The number of fused-ring (bicyclic) bond motifs is 1. The fourth-order valence-electron chi connectivity index (χ4n) is 5.11. The Morgan fingerprint density at radius 3 is 2.08 bits per heavy atom. The van der Waals surface area contributed by atoms with Gasteiger partial charge in [-0.25, -0.2) is 0 Å². The second-order valence-electron chi connectivity index (χ2n) is 9.80. The van der Waals surface area contributed by atoms with E-state index >= 15 is 0 Å². The maximum absolute atomic E-state index is 13.4. The van der Waals surface area contributed by atoms with E-state index in [4.69, 9.17) is 13.9 Å².